The molecule has 0 aliphatic carbocycles. The Bertz CT molecular complexity index is 1170. The topological polar surface area (TPSA) is 62.7 Å². The summed E-state index contributed by atoms with van der Waals surface area (Å²) in [4.78, 5) is 13.5. The molecule has 0 bridgehead atoms. The molecule has 3 aromatic heterocycles. The zero-order chi connectivity index (χ0) is 26.1. The van der Waals surface area contributed by atoms with Gasteiger partial charge in [0.2, 0.25) is 0 Å². The minimum Gasteiger partial charge on any atom is -0.384 e. The average molecular weight is 494 g/mol. The van der Waals surface area contributed by atoms with E-state index in [9.17, 15) is 8.78 Å². The van der Waals surface area contributed by atoms with Crippen LogP contribution in [0.25, 0.3) is 16.8 Å². The maximum Gasteiger partial charge on any atom is 0.270 e. The number of pyridine rings is 3. The van der Waals surface area contributed by atoms with Gasteiger partial charge in [-0.15, -0.1) is 0 Å². The van der Waals surface area contributed by atoms with E-state index in [0.29, 0.717) is 17.1 Å². The summed E-state index contributed by atoms with van der Waals surface area (Å²) in [5.74, 6) is -2.95. The lowest BCUT2D eigenvalue weighted by Crippen LogP contribution is -2.09. The third kappa shape index (κ3) is 7.33. The molecule has 0 unspecified atom stereocenters. The minimum absolute atomic E-state index is 0.105. The highest BCUT2D eigenvalue weighted by molar-refractivity contribution is 5.78. The van der Waals surface area contributed by atoms with Crippen LogP contribution in [0.5, 0.6) is 0 Å². The number of nitrogens with zero attached hydrogens (tertiary/aromatic N) is 3. The number of aryl methyl sites for hydroxylation is 2. The molecule has 0 aromatic carbocycles. The van der Waals surface area contributed by atoms with Crippen molar-refractivity contribution in [2.45, 2.75) is 72.1 Å². The summed E-state index contributed by atoms with van der Waals surface area (Å²) < 4.78 is 27.5. The van der Waals surface area contributed by atoms with E-state index in [1.54, 1.807) is 6.20 Å². The molecule has 0 atom stereocenters. The van der Waals surface area contributed by atoms with Crippen LogP contribution in [0.1, 0.15) is 75.5 Å². The third-order valence-electron chi connectivity index (χ3n) is 6.10. The Morgan fingerprint density at radius 3 is 2.50 bits per heavy atom. The molecule has 0 amide bonds. The first kappa shape index (κ1) is 27.2. The standard InChI is InChI=1S/C29H37F2N5/c1-6-8-10-13-32-28-15-22(18-35-26(28)11-9-7-2)25-17-24(19-34-20(25)3)36-21(4)27-16-23(12-14-33-27)29(5,30)31/h12,14-19,32,36H,4,6-11,13H2,1-3,5H3. The fraction of sp³-hybridized carbons (Fsp3) is 0.414. The second-order valence-electron chi connectivity index (χ2n) is 9.23. The average Bonchev–Trinajstić information content (AvgIpc) is 2.86. The van der Waals surface area contributed by atoms with Crippen molar-refractivity contribution in [1.29, 1.82) is 0 Å². The SMILES string of the molecule is C=C(Nc1cnc(C)c(-c2cnc(CCCC)c(NCCCCC)c2)c1)c1cc(C(C)(F)F)ccn1. The lowest BCUT2D eigenvalue weighted by molar-refractivity contribution is 0.0173. The van der Waals surface area contributed by atoms with Crippen molar-refractivity contribution in [3.8, 4) is 11.1 Å². The number of rotatable bonds is 13. The molecule has 3 rings (SSSR count). The summed E-state index contributed by atoms with van der Waals surface area (Å²) in [7, 11) is 0. The molecule has 0 radical (unpaired) electrons. The van der Waals surface area contributed by atoms with Gasteiger partial charge in [-0.3, -0.25) is 15.0 Å². The Labute approximate surface area is 213 Å². The molecule has 36 heavy (non-hydrogen) atoms. The van der Waals surface area contributed by atoms with Gasteiger partial charge in [-0.1, -0.05) is 39.7 Å². The normalized spacial score (nSPS) is 11.4. The molecule has 0 saturated heterocycles. The number of alkyl halides is 2. The Hall–Kier alpha value is -3.35. The van der Waals surface area contributed by atoms with Crippen LogP contribution in [-0.4, -0.2) is 21.5 Å². The molecule has 5 nitrogen and oxygen atoms in total. The van der Waals surface area contributed by atoms with Crippen molar-refractivity contribution in [3.63, 3.8) is 0 Å². The van der Waals surface area contributed by atoms with Crippen LogP contribution in [-0.2, 0) is 12.3 Å². The van der Waals surface area contributed by atoms with Gasteiger partial charge in [0.05, 0.1) is 34.7 Å². The first-order chi connectivity index (χ1) is 17.2. The van der Waals surface area contributed by atoms with Crippen LogP contribution < -0.4 is 10.6 Å². The van der Waals surface area contributed by atoms with Crippen molar-refractivity contribution in [2.75, 3.05) is 17.2 Å². The summed E-state index contributed by atoms with van der Waals surface area (Å²) >= 11 is 0. The summed E-state index contributed by atoms with van der Waals surface area (Å²) in [6.45, 7) is 12.1. The fourth-order valence-corrected chi connectivity index (χ4v) is 3.94. The number of hydrogen-bond donors (Lipinski definition) is 2. The molecule has 0 spiro atoms. The smallest absolute Gasteiger partial charge is 0.270 e. The molecule has 3 heterocycles. The molecule has 2 N–H and O–H groups in total. The maximum atomic E-state index is 13.8. The number of nitrogens with one attached hydrogen (secondary N) is 2. The van der Waals surface area contributed by atoms with Crippen LogP contribution in [0.4, 0.5) is 20.2 Å². The van der Waals surface area contributed by atoms with Gasteiger partial charge in [-0.2, -0.15) is 0 Å². The molecular formula is C29H37F2N5. The maximum absolute atomic E-state index is 13.8. The van der Waals surface area contributed by atoms with E-state index in [1.807, 2.05) is 19.2 Å². The van der Waals surface area contributed by atoms with E-state index >= 15 is 0 Å². The molecule has 7 heteroatoms. The lowest BCUT2D eigenvalue weighted by atomic mass is 10.0. The molecule has 192 valence electrons. The van der Waals surface area contributed by atoms with Gasteiger partial charge in [0.15, 0.2) is 0 Å². The fourth-order valence-electron chi connectivity index (χ4n) is 3.94. The quantitative estimate of drug-likeness (QED) is 0.236. The van der Waals surface area contributed by atoms with Gasteiger partial charge >= 0.3 is 0 Å². The largest absolute Gasteiger partial charge is 0.384 e. The highest BCUT2D eigenvalue weighted by Gasteiger charge is 2.24. The van der Waals surface area contributed by atoms with E-state index < -0.39 is 5.92 Å². The van der Waals surface area contributed by atoms with Crippen molar-refractivity contribution in [1.82, 2.24) is 15.0 Å². The highest BCUT2D eigenvalue weighted by atomic mass is 19.3. The summed E-state index contributed by atoms with van der Waals surface area (Å²) in [6, 6.07) is 6.80. The zero-order valence-electron chi connectivity index (χ0n) is 21.8. The Morgan fingerprint density at radius 1 is 1.00 bits per heavy atom. The third-order valence-corrected chi connectivity index (χ3v) is 6.10. The van der Waals surface area contributed by atoms with Crippen LogP contribution in [0.2, 0.25) is 0 Å². The molecular weight excluding hydrogens is 456 g/mol. The number of hydrogen-bond acceptors (Lipinski definition) is 5. The van der Waals surface area contributed by atoms with Gasteiger partial charge in [0.1, 0.15) is 0 Å². The second kappa shape index (κ2) is 12.6. The van der Waals surface area contributed by atoms with Crippen molar-refractivity contribution in [2.24, 2.45) is 0 Å². The Kier molecular flexibility index (Phi) is 9.51. The molecule has 0 saturated carbocycles. The second-order valence-corrected chi connectivity index (χ2v) is 9.23. The zero-order valence-corrected chi connectivity index (χ0v) is 21.8. The van der Waals surface area contributed by atoms with E-state index in [1.165, 1.54) is 31.2 Å². The van der Waals surface area contributed by atoms with Crippen molar-refractivity contribution >= 4 is 17.1 Å². The lowest BCUT2D eigenvalue weighted by Gasteiger charge is -2.16. The number of halogens is 2. The number of unbranched alkanes of at least 4 members (excludes halogenated alkanes) is 3. The van der Waals surface area contributed by atoms with Crippen molar-refractivity contribution in [3.05, 3.63) is 72.1 Å². The molecule has 3 aromatic rings. The van der Waals surface area contributed by atoms with Gasteiger partial charge in [-0.05, 0) is 50.5 Å². The highest BCUT2D eigenvalue weighted by Crippen LogP contribution is 2.31. The van der Waals surface area contributed by atoms with Crippen LogP contribution in [0.3, 0.4) is 0 Å². The monoisotopic (exact) mass is 493 g/mol. The summed E-state index contributed by atoms with van der Waals surface area (Å²) in [6.07, 6.45) is 11.6. The van der Waals surface area contributed by atoms with Crippen LogP contribution in [0, 0.1) is 6.92 Å². The van der Waals surface area contributed by atoms with E-state index in [4.69, 9.17) is 4.98 Å². The molecule has 0 aliphatic heterocycles. The van der Waals surface area contributed by atoms with E-state index in [2.05, 4.69) is 47.1 Å². The summed E-state index contributed by atoms with van der Waals surface area (Å²) in [5.41, 5.74) is 6.32. The first-order valence-corrected chi connectivity index (χ1v) is 12.7. The number of anilines is 2. The number of aromatic nitrogens is 3. The minimum atomic E-state index is -2.95. The first-order valence-electron chi connectivity index (χ1n) is 12.7. The van der Waals surface area contributed by atoms with Crippen LogP contribution >= 0.6 is 0 Å². The Morgan fingerprint density at radius 2 is 1.78 bits per heavy atom. The summed E-state index contributed by atoms with van der Waals surface area (Å²) in [5, 5.41) is 6.77. The predicted molar refractivity (Wildman–Crippen MR) is 145 cm³/mol. The van der Waals surface area contributed by atoms with Crippen molar-refractivity contribution < 1.29 is 8.78 Å². The van der Waals surface area contributed by atoms with E-state index in [0.717, 1.165) is 67.4 Å². The van der Waals surface area contributed by atoms with Crippen LogP contribution in [0.15, 0.2) is 49.4 Å². The molecule has 0 aliphatic rings. The van der Waals surface area contributed by atoms with Gasteiger partial charge < -0.3 is 10.6 Å². The predicted octanol–water partition coefficient (Wildman–Crippen LogP) is 7.99. The van der Waals surface area contributed by atoms with Gasteiger partial charge in [0.25, 0.3) is 5.92 Å². The van der Waals surface area contributed by atoms with Gasteiger partial charge in [0, 0.05) is 48.2 Å². The Balaban J connectivity index is 1.86. The van der Waals surface area contributed by atoms with Gasteiger partial charge in [-0.25, -0.2) is 8.78 Å². The molecule has 0 fully saturated rings. The van der Waals surface area contributed by atoms with E-state index in [-0.39, 0.29) is 5.56 Å².